The van der Waals surface area contributed by atoms with E-state index in [1.807, 2.05) is 60.7 Å². The highest BCUT2D eigenvalue weighted by Gasteiger charge is 2.24. The van der Waals surface area contributed by atoms with Crippen molar-refractivity contribution in [3.8, 4) is 11.5 Å². The van der Waals surface area contributed by atoms with E-state index >= 15 is 0 Å². The Morgan fingerprint density at radius 1 is 0.758 bits per heavy atom. The van der Waals surface area contributed by atoms with Gasteiger partial charge in [-0.05, 0) is 23.3 Å². The first kappa shape index (κ1) is 23.3. The van der Waals surface area contributed by atoms with Crippen LogP contribution in [0.3, 0.4) is 0 Å². The SMILES string of the molecule is NC(=O)C[C@@H](NC(=O)c1cccc(OCc2ccccc2)c1OCc1ccccc1)C(N)=O. The summed E-state index contributed by atoms with van der Waals surface area (Å²) in [5.74, 6) is -1.72. The first-order chi connectivity index (χ1) is 15.9. The van der Waals surface area contributed by atoms with Crippen molar-refractivity contribution >= 4 is 17.7 Å². The Morgan fingerprint density at radius 2 is 1.33 bits per heavy atom. The lowest BCUT2D eigenvalue weighted by Crippen LogP contribution is -2.46. The van der Waals surface area contributed by atoms with Gasteiger partial charge in [0.25, 0.3) is 5.91 Å². The lowest BCUT2D eigenvalue weighted by atomic mass is 10.1. The number of hydrogen-bond donors (Lipinski definition) is 3. The van der Waals surface area contributed by atoms with E-state index in [0.29, 0.717) is 5.75 Å². The normalized spacial score (nSPS) is 11.3. The highest BCUT2D eigenvalue weighted by atomic mass is 16.5. The number of primary amides is 2. The molecule has 0 aliphatic carbocycles. The topological polar surface area (TPSA) is 134 Å². The van der Waals surface area contributed by atoms with E-state index in [4.69, 9.17) is 20.9 Å². The standard InChI is InChI=1S/C25H25N3O5/c26-22(29)14-20(24(27)30)28-25(31)19-12-7-13-21(32-15-17-8-3-1-4-9-17)23(19)33-16-18-10-5-2-6-11-18/h1-13,20H,14-16H2,(H2,26,29)(H2,27,30)(H,28,31)/t20-/m1/s1. The minimum absolute atomic E-state index is 0.132. The van der Waals surface area contributed by atoms with Gasteiger partial charge < -0.3 is 26.3 Å². The Labute approximate surface area is 191 Å². The Morgan fingerprint density at radius 3 is 1.88 bits per heavy atom. The van der Waals surface area contributed by atoms with Gasteiger partial charge in [0.2, 0.25) is 11.8 Å². The largest absolute Gasteiger partial charge is 0.485 e. The molecule has 0 saturated heterocycles. The molecule has 1 atom stereocenters. The third-order valence-electron chi connectivity index (χ3n) is 4.74. The van der Waals surface area contributed by atoms with Gasteiger partial charge in [0.15, 0.2) is 11.5 Å². The van der Waals surface area contributed by atoms with Crippen LogP contribution in [0, 0.1) is 0 Å². The summed E-state index contributed by atoms with van der Waals surface area (Å²) in [4.78, 5) is 35.9. The molecule has 3 amide bonds. The van der Waals surface area contributed by atoms with Gasteiger partial charge in [0.1, 0.15) is 19.3 Å². The summed E-state index contributed by atoms with van der Waals surface area (Å²) in [6.45, 7) is 0.451. The fraction of sp³-hybridized carbons (Fsp3) is 0.160. The van der Waals surface area contributed by atoms with Gasteiger partial charge in [-0.1, -0.05) is 66.7 Å². The predicted molar refractivity (Wildman–Crippen MR) is 122 cm³/mol. The Bertz CT molecular complexity index is 1100. The second-order valence-corrected chi connectivity index (χ2v) is 7.28. The fourth-order valence-corrected chi connectivity index (χ4v) is 3.08. The number of nitrogens with two attached hydrogens (primary N) is 2. The summed E-state index contributed by atoms with van der Waals surface area (Å²) < 4.78 is 11.9. The second-order valence-electron chi connectivity index (χ2n) is 7.28. The molecule has 3 aromatic carbocycles. The number of rotatable bonds is 11. The van der Waals surface area contributed by atoms with Gasteiger partial charge in [-0.2, -0.15) is 0 Å². The predicted octanol–water partition coefficient (Wildman–Crippen LogP) is 2.30. The number of para-hydroxylation sites is 1. The van der Waals surface area contributed by atoms with Crippen molar-refractivity contribution in [2.75, 3.05) is 0 Å². The van der Waals surface area contributed by atoms with Crippen molar-refractivity contribution in [2.45, 2.75) is 25.7 Å². The fourth-order valence-electron chi connectivity index (χ4n) is 3.08. The van der Waals surface area contributed by atoms with E-state index < -0.39 is 30.2 Å². The first-order valence-electron chi connectivity index (χ1n) is 10.3. The highest BCUT2D eigenvalue weighted by molar-refractivity contribution is 6.01. The van der Waals surface area contributed by atoms with Gasteiger partial charge in [0.05, 0.1) is 12.0 Å². The zero-order valence-electron chi connectivity index (χ0n) is 17.9. The van der Waals surface area contributed by atoms with Gasteiger partial charge in [-0.25, -0.2) is 0 Å². The average Bonchev–Trinajstić information content (AvgIpc) is 2.82. The van der Waals surface area contributed by atoms with Crippen molar-refractivity contribution in [3.05, 3.63) is 95.6 Å². The molecule has 0 aliphatic heterocycles. The van der Waals surface area contributed by atoms with Crippen LogP contribution in [0.15, 0.2) is 78.9 Å². The maximum absolute atomic E-state index is 13.0. The second kappa shape index (κ2) is 11.3. The number of benzene rings is 3. The van der Waals surface area contributed by atoms with Crippen molar-refractivity contribution < 1.29 is 23.9 Å². The molecule has 0 radical (unpaired) electrons. The molecule has 0 heterocycles. The van der Waals surface area contributed by atoms with Crippen molar-refractivity contribution in [1.29, 1.82) is 0 Å². The molecule has 0 unspecified atom stereocenters. The summed E-state index contributed by atoms with van der Waals surface area (Å²) in [7, 11) is 0. The molecule has 0 spiro atoms. The van der Waals surface area contributed by atoms with Gasteiger partial charge >= 0.3 is 0 Å². The molecular weight excluding hydrogens is 422 g/mol. The van der Waals surface area contributed by atoms with Gasteiger partial charge in [-0.15, -0.1) is 0 Å². The van der Waals surface area contributed by atoms with E-state index in [9.17, 15) is 14.4 Å². The van der Waals surface area contributed by atoms with Crippen molar-refractivity contribution in [1.82, 2.24) is 5.32 Å². The molecule has 0 saturated carbocycles. The molecule has 0 bridgehead atoms. The molecule has 8 heteroatoms. The van der Waals surface area contributed by atoms with Crippen LogP contribution in [0.1, 0.15) is 27.9 Å². The Balaban J connectivity index is 1.87. The number of ether oxygens (including phenoxy) is 2. The molecule has 0 fully saturated rings. The number of carbonyl (C=O) groups excluding carboxylic acids is 3. The minimum atomic E-state index is -1.24. The van der Waals surface area contributed by atoms with E-state index in [2.05, 4.69) is 5.32 Å². The molecule has 0 aromatic heterocycles. The quantitative estimate of drug-likeness (QED) is 0.415. The maximum atomic E-state index is 13.0. The molecule has 170 valence electrons. The molecule has 3 aromatic rings. The summed E-state index contributed by atoms with van der Waals surface area (Å²) in [5, 5.41) is 2.45. The van der Waals surface area contributed by atoms with Crippen LogP contribution in [-0.2, 0) is 22.8 Å². The highest BCUT2D eigenvalue weighted by Crippen LogP contribution is 2.33. The van der Waals surface area contributed by atoms with Crippen LogP contribution in [-0.4, -0.2) is 23.8 Å². The summed E-state index contributed by atoms with van der Waals surface area (Å²) in [6, 6.07) is 22.6. The number of nitrogens with one attached hydrogen (secondary N) is 1. The molecule has 8 nitrogen and oxygen atoms in total. The van der Waals surface area contributed by atoms with Crippen LogP contribution >= 0.6 is 0 Å². The van der Waals surface area contributed by atoms with Crippen LogP contribution in [0.4, 0.5) is 0 Å². The first-order valence-corrected chi connectivity index (χ1v) is 10.3. The number of amides is 3. The molecule has 33 heavy (non-hydrogen) atoms. The number of carbonyl (C=O) groups is 3. The number of hydrogen-bond acceptors (Lipinski definition) is 5. The lowest BCUT2D eigenvalue weighted by molar-refractivity contribution is -0.124. The molecule has 5 N–H and O–H groups in total. The van der Waals surface area contributed by atoms with Crippen LogP contribution in [0.2, 0.25) is 0 Å². The van der Waals surface area contributed by atoms with E-state index in [0.717, 1.165) is 11.1 Å². The van der Waals surface area contributed by atoms with E-state index in [-0.39, 0.29) is 24.5 Å². The third kappa shape index (κ3) is 6.83. The third-order valence-corrected chi connectivity index (χ3v) is 4.74. The molecular formula is C25H25N3O5. The monoisotopic (exact) mass is 447 g/mol. The average molecular weight is 447 g/mol. The van der Waals surface area contributed by atoms with Gasteiger partial charge in [0, 0.05) is 0 Å². The zero-order chi connectivity index (χ0) is 23.6. The smallest absolute Gasteiger partial charge is 0.255 e. The summed E-state index contributed by atoms with van der Waals surface area (Å²) >= 11 is 0. The van der Waals surface area contributed by atoms with E-state index in [1.165, 1.54) is 6.07 Å². The Hall–Kier alpha value is -4.33. The van der Waals surface area contributed by atoms with Crippen molar-refractivity contribution in [3.63, 3.8) is 0 Å². The summed E-state index contributed by atoms with van der Waals surface area (Å²) in [6.07, 6.45) is -0.411. The zero-order valence-corrected chi connectivity index (χ0v) is 17.9. The van der Waals surface area contributed by atoms with Crippen LogP contribution in [0.5, 0.6) is 11.5 Å². The van der Waals surface area contributed by atoms with Crippen LogP contribution in [0.25, 0.3) is 0 Å². The van der Waals surface area contributed by atoms with E-state index in [1.54, 1.807) is 12.1 Å². The molecule has 3 rings (SSSR count). The molecule has 0 aliphatic rings. The Kier molecular flexibility index (Phi) is 8.02. The minimum Gasteiger partial charge on any atom is -0.485 e. The lowest BCUT2D eigenvalue weighted by Gasteiger charge is -2.18. The van der Waals surface area contributed by atoms with Crippen molar-refractivity contribution in [2.24, 2.45) is 11.5 Å². The maximum Gasteiger partial charge on any atom is 0.255 e. The van der Waals surface area contributed by atoms with Crippen LogP contribution < -0.4 is 26.3 Å². The van der Waals surface area contributed by atoms with Gasteiger partial charge in [-0.3, -0.25) is 14.4 Å². The summed E-state index contributed by atoms with van der Waals surface area (Å²) in [5.41, 5.74) is 12.4.